The number of ether oxygens (including phenoxy) is 1. The van der Waals surface area contributed by atoms with Crippen molar-refractivity contribution in [3.8, 4) is 11.8 Å². The SMILES string of the molecule is CCC(NC(=O)/C(C#N)=C(\SCC(O)CO)c1cnc[nH]1)c1ccc(OCCN(CC)CC)cc1. The zero-order chi connectivity index (χ0) is 25.6. The molecule has 35 heavy (non-hydrogen) atoms. The van der Waals surface area contributed by atoms with Crippen molar-refractivity contribution in [3.05, 3.63) is 53.6 Å². The average Bonchev–Trinajstić information content (AvgIpc) is 3.42. The van der Waals surface area contributed by atoms with Gasteiger partial charge in [-0.25, -0.2) is 4.98 Å². The lowest BCUT2D eigenvalue weighted by molar-refractivity contribution is -0.117. The zero-order valence-corrected chi connectivity index (χ0v) is 21.3. The number of H-pyrrole nitrogens is 1. The van der Waals surface area contributed by atoms with Crippen molar-refractivity contribution < 1.29 is 19.7 Å². The van der Waals surface area contributed by atoms with E-state index < -0.39 is 18.6 Å². The molecule has 0 fully saturated rings. The van der Waals surface area contributed by atoms with E-state index in [2.05, 4.69) is 34.0 Å². The van der Waals surface area contributed by atoms with E-state index in [1.807, 2.05) is 37.3 Å². The van der Waals surface area contributed by atoms with Gasteiger partial charge < -0.3 is 30.2 Å². The highest BCUT2D eigenvalue weighted by molar-refractivity contribution is 8.08. The number of nitriles is 1. The maximum atomic E-state index is 13.1. The van der Waals surface area contributed by atoms with Gasteiger partial charge in [0.15, 0.2) is 0 Å². The van der Waals surface area contributed by atoms with Crippen LogP contribution in [0.25, 0.3) is 4.91 Å². The van der Waals surface area contributed by atoms with Crippen LogP contribution in [0.4, 0.5) is 0 Å². The van der Waals surface area contributed by atoms with Gasteiger partial charge in [-0.3, -0.25) is 4.79 Å². The second-order valence-corrected chi connectivity index (χ2v) is 8.84. The summed E-state index contributed by atoms with van der Waals surface area (Å²) < 4.78 is 5.84. The van der Waals surface area contributed by atoms with Crippen LogP contribution in [-0.4, -0.2) is 75.7 Å². The lowest BCUT2D eigenvalue weighted by atomic mass is 10.0. The number of amides is 1. The van der Waals surface area contributed by atoms with Gasteiger partial charge in [-0.05, 0) is 37.2 Å². The molecular formula is C25H35N5O4S. The Labute approximate surface area is 211 Å². The van der Waals surface area contributed by atoms with E-state index in [4.69, 9.17) is 9.84 Å². The molecule has 2 rings (SSSR count). The summed E-state index contributed by atoms with van der Waals surface area (Å²) in [6, 6.07) is 9.30. The molecule has 0 bridgehead atoms. The van der Waals surface area contributed by atoms with Gasteiger partial charge in [0, 0.05) is 12.3 Å². The number of aromatic nitrogens is 2. The van der Waals surface area contributed by atoms with Gasteiger partial charge in [0.25, 0.3) is 5.91 Å². The summed E-state index contributed by atoms with van der Waals surface area (Å²) in [7, 11) is 0. The van der Waals surface area contributed by atoms with Crippen LogP contribution >= 0.6 is 11.8 Å². The number of hydrogen-bond acceptors (Lipinski definition) is 8. The highest BCUT2D eigenvalue weighted by atomic mass is 32.2. The first kappa shape index (κ1) is 28.4. The van der Waals surface area contributed by atoms with Crippen molar-refractivity contribution >= 4 is 22.6 Å². The molecule has 10 heteroatoms. The number of aromatic amines is 1. The number of rotatable bonds is 15. The topological polar surface area (TPSA) is 134 Å². The summed E-state index contributed by atoms with van der Waals surface area (Å²) in [6.45, 7) is 9.22. The van der Waals surface area contributed by atoms with Crippen molar-refractivity contribution in [1.29, 1.82) is 5.26 Å². The molecule has 2 unspecified atom stereocenters. The van der Waals surface area contributed by atoms with Gasteiger partial charge in [0.2, 0.25) is 0 Å². The second-order valence-electron chi connectivity index (χ2n) is 7.81. The van der Waals surface area contributed by atoms with Crippen molar-refractivity contribution in [2.75, 3.05) is 38.6 Å². The summed E-state index contributed by atoms with van der Waals surface area (Å²) in [5, 5.41) is 31.6. The van der Waals surface area contributed by atoms with Gasteiger partial charge in [-0.2, -0.15) is 5.26 Å². The molecule has 0 aliphatic heterocycles. The number of thioether (sulfide) groups is 1. The van der Waals surface area contributed by atoms with E-state index in [0.29, 0.717) is 23.6 Å². The van der Waals surface area contributed by atoms with Crippen LogP contribution in [0.15, 0.2) is 42.4 Å². The summed E-state index contributed by atoms with van der Waals surface area (Å²) in [6.07, 6.45) is 2.61. The molecule has 4 N–H and O–H groups in total. The van der Waals surface area contributed by atoms with Crippen LogP contribution < -0.4 is 10.1 Å². The standard InChI is InChI=1S/C25H35N5O4S/c1-4-22(18-7-9-20(10-8-18)34-12-11-30(5-2)6-3)29-25(33)21(13-26)24(23-14-27-17-28-23)35-16-19(32)15-31/h7-10,14,17,19,22,31-32H,4-6,11-12,15-16H2,1-3H3,(H,27,28)(H,29,33)/b24-21-. The van der Waals surface area contributed by atoms with Crippen LogP contribution in [0.1, 0.15) is 44.5 Å². The molecule has 190 valence electrons. The fraction of sp³-hybridized carbons (Fsp3) is 0.480. The first-order chi connectivity index (χ1) is 17.0. The van der Waals surface area contributed by atoms with Crippen molar-refractivity contribution in [3.63, 3.8) is 0 Å². The highest BCUT2D eigenvalue weighted by Gasteiger charge is 2.22. The monoisotopic (exact) mass is 501 g/mol. The van der Waals surface area contributed by atoms with E-state index >= 15 is 0 Å². The summed E-state index contributed by atoms with van der Waals surface area (Å²) in [5.41, 5.74) is 1.31. The number of likely N-dealkylation sites (N-methyl/N-ethyl adjacent to an activating group) is 1. The number of benzene rings is 1. The molecule has 0 spiro atoms. The molecule has 1 heterocycles. The molecule has 0 aliphatic carbocycles. The minimum atomic E-state index is -0.975. The van der Waals surface area contributed by atoms with Crippen molar-refractivity contribution in [2.45, 2.75) is 39.3 Å². The maximum absolute atomic E-state index is 13.1. The van der Waals surface area contributed by atoms with E-state index in [1.54, 1.807) is 0 Å². The Balaban J connectivity index is 2.13. The molecule has 1 amide bonds. The molecule has 2 atom stereocenters. The molecule has 0 radical (unpaired) electrons. The van der Waals surface area contributed by atoms with Gasteiger partial charge in [0.1, 0.15) is 24.0 Å². The van der Waals surface area contributed by atoms with Crippen LogP contribution in [0.2, 0.25) is 0 Å². The van der Waals surface area contributed by atoms with Crippen LogP contribution in [0.5, 0.6) is 5.75 Å². The van der Waals surface area contributed by atoms with Crippen LogP contribution in [-0.2, 0) is 4.79 Å². The second kappa shape index (κ2) is 15.2. The molecule has 9 nitrogen and oxygen atoms in total. The predicted octanol–water partition coefficient (Wildman–Crippen LogP) is 2.72. The fourth-order valence-electron chi connectivity index (χ4n) is 3.38. The fourth-order valence-corrected chi connectivity index (χ4v) is 4.40. The van der Waals surface area contributed by atoms with Crippen LogP contribution in [0, 0.1) is 11.3 Å². The Kier molecular flexibility index (Phi) is 12.3. The number of carbonyl (C=O) groups excluding carboxylic acids is 1. The van der Waals surface area contributed by atoms with Crippen molar-refractivity contribution in [2.24, 2.45) is 0 Å². The van der Waals surface area contributed by atoms with Gasteiger partial charge >= 0.3 is 0 Å². The largest absolute Gasteiger partial charge is 0.492 e. The molecule has 2 aromatic rings. The van der Waals surface area contributed by atoms with E-state index in [9.17, 15) is 15.2 Å². The molecule has 1 aromatic carbocycles. The number of carbonyl (C=O) groups is 1. The third kappa shape index (κ3) is 8.71. The Bertz CT molecular complexity index is 969. The number of aliphatic hydroxyl groups excluding tert-OH is 2. The molecule has 0 saturated heterocycles. The van der Waals surface area contributed by atoms with Gasteiger partial charge in [-0.1, -0.05) is 32.9 Å². The number of nitrogens with zero attached hydrogens (tertiary/aromatic N) is 3. The van der Waals surface area contributed by atoms with Crippen molar-refractivity contribution in [1.82, 2.24) is 20.2 Å². The number of hydrogen-bond donors (Lipinski definition) is 4. The average molecular weight is 502 g/mol. The first-order valence-electron chi connectivity index (χ1n) is 11.8. The minimum Gasteiger partial charge on any atom is -0.492 e. The third-order valence-corrected chi connectivity index (χ3v) is 6.77. The molecule has 1 aromatic heterocycles. The predicted molar refractivity (Wildman–Crippen MR) is 138 cm³/mol. The third-order valence-electron chi connectivity index (χ3n) is 5.51. The first-order valence-corrected chi connectivity index (χ1v) is 12.8. The number of imidazole rings is 1. The molecular weight excluding hydrogens is 466 g/mol. The lowest BCUT2D eigenvalue weighted by Gasteiger charge is -2.20. The quantitative estimate of drug-likeness (QED) is 0.216. The van der Waals surface area contributed by atoms with Gasteiger partial charge in [0.05, 0.1) is 41.9 Å². The highest BCUT2D eigenvalue weighted by Crippen LogP contribution is 2.31. The Morgan fingerprint density at radius 1 is 1.29 bits per heavy atom. The van der Waals surface area contributed by atoms with E-state index in [1.165, 1.54) is 12.5 Å². The minimum absolute atomic E-state index is 0.0841. The van der Waals surface area contributed by atoms with E-state index in [-0.39, 0.29) is 17.4 Å². The Morgan fingerprint density at radius 3 is 2.54 bits per heavy atom. The maximum Gasteiger partial charge on any atom is 0.263 e. The summed E-state index contributed by atoms with van der Waals surface area (Å²) >= 11 is 1.11. The summed E-state index contributed by atoms with van der Waals surface area (Å²) in [5.74, 6) is 0.366. The number of aliphatic hydroxyl groups is 2. The van der Waals surface area contributed by atoms with Crippen LogP contribution in [0.3, 0.4) is 0 Å². The Hall–Kier alpha value is -2.84. The number of nitrogens with one attached hydrogen (secondary N) is 2. The van der Waals surface area contributed by atoms with Gasteiger partial charge in [-0.15, -0.1) is 11.8 Å². The molecule has 0 saturated carbocycles. The van der Waals surface area contributed by atoms with E-state index in [0.717, 1.165) is 42.7 Å². The lowest BCUT2D eigenvalue weighted by Crippen LogP contribution is -2.29. The summed E-state index contributed by atoms with van der Waals surface area (Å²) in [4.78, 5) is 22.6. The zero-order valence-electron chi connectivity index (χ0n) is 20.5. The Morgan fingerprint density at radius 2 is 2.00 bits per heavy atom. The normalized spacial score (nSPS) is 13.6. The smallest absolute Gasteiger partial charge is 0.263 e. The molecule has 0 aliphatic rings.